The number of unbranched alkanes of at least 4 members (excludes halogenated alkanes) is 16. The number of carbonyl (C=O) groups is 2. The first-order chi connectivity index (χ1) is 22.0. The zero-order chi connectivity index (χ0) is 33.1. The van der Waals surface area contributed by atoms with Gasteiger partial charge in [-0.1, -0.05) is 152 Å². The van der Waals surface area contributed by atoms with Crippen LogP contribution in [0.1, 0.15) is 162 Å². The summed E-state index contributed by atoms with van der Waals surface area (Å²) < 4.78 is 10.5. The Morgan fingerprint density at radius 1 is 0.622 bits per heavy atom. The lowest BCUT2D eigenvalue weighted by Gasteiger charge is -2.15. The van der Waals surface area contributed by atoms with Gasteiger partial charge in [-0.15, -0.1) is 0 Å². The minimum Gasteiger partial charge on any atom is -0.462 e. The normalized spacial score (nSPS) is 13.4. The molecule has 0 radical (unpaired) electrons. The van der Waals surface area contributed by atoms with Crippen molar-refractivity contribution in [3.63, 3.8) is 0 Å². The van der Waals surface area contributed by atoms with E-state index in [-0.39, 0.29) is 31.6 Å². The van der Waals surface area contributed by atoms with E-state index in [0.29, 0.717) is 19.3 Å². The number of hydrogen-bond donors (Lipinski definition) is 2. The molecule has 0 fully saturated rings. The van der Waals surface area contributed by atoms with Gasteiger partial charge in [-0.2, -0.15) is 0 Å². The Labute approximate surface area is 276 Å². The Morgan fingerprint density at radius 2 is 1.18 bits per heavy atom. The Hall–Kier alpha value is -2.18. The van der Waals surface area contributed by atoms with Gasteiger partial charge < -0.3 is 19.7 Å². The van der Waals surface area contributed by atoms with Crippen molar-refractivity contribution in [1.29, 1.82) is 0 Å². The van der Waals surface area contributed by atoms with Gasteiger partial charge in [-0.3, -0.25) is 9.59 Å². The van der Waals surface area contributed by atoms with Gasteiger partial charge in [-0.25, -0.2) is 0 Å². The van der Waals surface area contributed by atoms with Crippen LogP contribution >= 0.6 is 0 Å². The lowest BCUT2D eigenvalue weighted by atomic mass is 10.0. The maximum Gasteiger partial charge on any atom is 0.306 e. The molecular formula is C39H68O6. The van der Waals surface area contributed by atoms with Crippen LogP contribution in [0.3, 0.4) is 0 Å². The van der Waals surface area contributed by atoms with E-state index >= 15 is 0 Å². The van der Waals surface area contributed by atoms with Crippen LogP contribution in [0.4, 0.5) is 0 Å². The van der Waals surface area contributed by atoms with E-state index in [0.717, 1.165) is 38.5 Å². The largest absolute Gasteiger partial charge is 0.462 e. The van der Waals surface area contributed by atoms with Crippen molar-refractivity contribution in [3.8, 4) is 0 Å². The van der Waals surface area contributed by atoms with Crippen LogP contribution in [0, 0.1) is 0 Å². The fourth-order valence-corrected chi connectivity index (χ4v) is 4.86. The van der Waals surface area contributed by atoms with E-state index in [2.05, 4.69) is 26.0 Å². The first-order valence-electron chi connectivity index (χ1n) is 18.3. The summed E-state index contributed by atoms with van der Waals surface area (Å²) in [6, 6.07) is 0. The number of rotatable bonds is 32. The molecule has 0 rings (SSSR count). The Kier molecular flexibility index (Phi) is 33.0. The van der Waals surface area contributed by atoms with E-state index in [1.165, 1.54) is 83.5 Å². The Balaban J connectivity index is 3.76. The lowest BCUT2D eigenvalue weighted by molar-refractivity contribution is -0.161. The van der Waals surface area contributed by atoms with Crippen LogP contribution in [-0.4, -0.2) is 47.6 Å². The summed E-state index contributed by atoms with van der Waals surface area (Å²) in [5.41, 5.74) is 0. The molecule has 0 heterocycles. The summed E-state index contributed by atoms with van der Waals surface area (Å²) in [5, 5.41) is 19.5. The van der Waals surface area contributed by atoms with Gasteiger partial charge in [0.1, 0.15) is 6.61 Å². The molecule has 2 N–H and O–H groups in total. The molecule has 0 aliphatic heterocycles. The molecule has 0 aromatic heterocycles. The van der Waals surface area contributed by atoms with Crippen molar-refractivity contribution in [2.45, 2.75) is 174 Å². The highest BCUT2D eigenvalue weighted by Crippen LogP contribution is 2.13. The molecule has 0 bridgehead atoms. The lowest BCUT2D eigenvalue weighted by Crippen LogP contribution is -2.28. The summed E-state index contributed by atoms with van der Waals surface area (Å²) in [5.74, 6) is -0.696. The van der Waals surface area contributed by atoms with Crippen LogP contribution in [0.25, 0.3) is 0 Å². The molecule has 0 unspecified atom stereocenters. The third kappa shape index (κ3) is 33.0. The molecule has 45 heavy (non-hydrogen) atoms. The molecule has 0 aliphatic rings. The quantitative estimate of drug-likeness (QED) is 0.0332. The number of carbonyl (C=O) groups excluding carboxylic acids is 2. The molecule has 0 saturated carbocycles. The molecular weight excluding hydrogens is 564 g/mol. The average Bonchev–Trinajstić information content (AvgIpc) is 3.03. The minimum absolute atomic E-state index is 0.113. The van der Waals surface area contributed by atoms with Gasteiger partial charge in [0.05, 0.1) is 12.7 Å². The zero-order valence-corrected chi connectivity index (χ0v) is 29.0. The van der Waals surface area contributed by atoms with Gasteiger partial charge >= 0.3 is 11.9 Å². The molecule has 0 saturated heterocycles. The smallest absolute Gasteiger partial charge is 0.306 e. The summed E-state index contributed by atoms with van der Waals surface area (Å²) in [4.78, 5) is 24.1. The van der Waals surface area contributed by atoms with E-state index in [9.17, 15) is 19.8 Å². The molecule has 6 nitrogen and oxygen atoms in total. The highest BCUT2D eigenvalue weighted by atomic mass is 16.6. The number of ether oxygens (including phenoxy) is 2. The van der Waals surface area contributed by atoms with Gasteiger partial charge in [0.2, 0.25) is 0 Å². The number of esters is 2. The number of aliphatic hydroxyl groups excluding tert-OH is 2. The standard InChI is InChI=1S/C39H68O6/c1-3-5-7-9-11-12-13-14-15-16-21-25-29-33-39(43)45-37(34-40)35-44-38(42)32-28-24-20-18-17-19-23-27-31-36(41)30-26-22-10-8-6-4-2/h18-20,22-23,26-27,31,36-37,40-41H,3-17,21,24-25,28-30,32-35H2,1-2H3/b20-18-,23-19-,26-22-,31-27+/t36-,37+/m1/s1. The second-order valence-corrected chi connectivity index (χ2v) is 12.2. The maximum atomic E-state index is 12.1. The molecule has 6 heteroatoms. The van der Waals surface area contributed by atoms with Crippen molar-refractivity contribution in [2.75, 3.05) is 13.2 Å². The summed E-state index contributed by atoms with van der Waals surface area (Å²) >= 11 is 0. The van der Waals surface area contributed by atoms with Crippen molar-refractivity contribution in [2.24, 2.45) is 0 Å². The molecule has 0 spiro atoms. The van der Waals surface area contributed by atoms with E-state index < -0.39 is 12.2 Å². The highest BCUT2D eigenvalue weighted by Gasteiger charge is 2.16. The fraction of sp³-hybridized carbons (Fsp3) is 0.744. The third-order valence-corrected chi connectivity index (χ3v) is 7.71. The molecule has 0 aliphatic carbocycles. The summed E-state index contributed by atoms with van der Waals surface area (Å²) in [7, 11) is 0. The topological polar surface area (TPSA) is 93.1 Å². The Bertz CT molecular complexity index is 784. The van der Waals surface area contributed by atoms with Crippen molar-refractivity contribution in [3.05, 3.63) is 48.6 Å². The summed E-state index contributed by atoms with van der Waals surface area (Å²) in [6.45, 7) is 3.97. The molecule has 260 valence electrons. The van der Waals surface area contributed by atoms with Crippen LogP contribution in [0.15, 0.2) is 48.6 Å². The van der Waals surface area contributed by atoms with E-state index in [1.54, 1.807) is 6.08 Å². The van der Waals surface area contributed by atoms with Crippen LogP contribution in [0.2, 0.25) is 0 Å². The van der Waals surface area contributed by atoms with Crippen LogP contribution in [-0.2, 0) is 19.1 Å². The predicted octanol–water partition coefficient (Wildman–Crippen LogP) is 10.0. The minimum atomic E-state index is -0.808. The zero-order valence-electron chi connectivity index (χ0n) is 29.0. The average molecular weight is 633 g/mol. The summed E-state index contributed by atoms with van der Waals surface area (Å²) in [6.07, 6.45) is 39.1. The molecule has 0 aromatic rings. The predicted molar refractivity (Wildman–Crippen MR) is 188 cm³/mol. The maximum absolute atomic E-state index is 12.1. The highest BCUT2D eigenvalue weighted by molar-refractivity contribution is 5.70. The fourth-order valence-electron chi connectivity index (χ4n) is 4.86. The molecule has 0 aromatic carbocycles. The number of allylic oxidation sites excluding steroid dienone is 6. The van der Waals surface area contributed by atoms with E-state index in [4.69, 9.17) is 9.47 Å². The van der Waals surface area contributed by atoms with Crippen molar-refractivity contribution >= 4 is 11.9 Å². The first kappa shape index (κ1) is 42.8. The second-order valence-electron chi connectivity index (χ2n) is 12.2. The SMILES string of the molecule is CCCCC/C=C\C[C@@H](O)/C=C/C=C\C/C=C\CCCC(=O)OC[C@H](CO)OC(=O)CCCCCCCCCCCCCCC. The van der Waals surface area contributed by atoms with Gasteiger partial charge in [-0.05, 0) is 44.9 Å². The van der Waals surface area contributed by atoms with Gasteiger partial charge in [0, 0.05) is 12.8 Å². The molecule has 0 amide bonds. The first-order valence-corrected chi connectivity index (χ1v) is 18.3. The van der Waals surface area contributed by atoms with Crippen molar-refractivity contribution < 1.29 is 29.3 Å². The monoisotopic (exact) mass is 633 g/mol. The van der Waals surface area contributed by atoms with E-state index in [1.807, 2.05) is 30.4 Å². The Morgan fingerprint density at radius 3 is 1.82 bits per heavy atom. The number of aliphatic hydroxyl groups is 2. The van der Waals surface area contributed by atoms with Crippen molar-refractivity contribution in [1.82, 2.24) is 0 Å². The van der Waals surface area contributed by atoms with Gasteiger partial charge in [0.25, 0.3) is 0 Å². The number of hydrogen-bond acceptors (Lipinski definition) is 6. The second kappa shape index (κ2) is 34.7. The third-order valence-electron chi connectivity index (χ3n) is 7.71. The van der Waals surface area contributed by atoms with Crippen LogP contribution < -0.4 is 0 Å². The van der Waals surface area contributed by atoms with Gasteiger partial charge in [0.15, 0.2) is 6.10 Å². The molecule has 2 atom stereocenters. The van der Waals surface area contributed by atoms with Crippen LogP contribution in [0.5, 0.6) is 0 Å².